The summed E-state index contributed by atoms with van der Waals surface area (Å²) < 4.78 is 30.0. The lowest BCUT2D eigenvalue weighted by Gasteiger charge is -2.19. The lowest BCUT2D eigenvalue weighted by molar-refractivity contribution is -0.148. The SMILES string of the molecule is CCCCCCCOC(=O)C1CC=C(B(F)F)CC1. The first-order valence-electron chi connectivity index (χ1n) is 7.28. The number of carbonyl (C=O) groups is 1. The molecule has 0 aromatic heterocycles. The van der Waals surface area contributed by atoms with Gasteiger partial charge in [0.25, 0.3) is 0 Å². The molecular weight excluding hydrogens is 249 g/mol. The first-order chi connectivity index (χ1) is 9.15. The number of unbranched alkanes of at least 4 members (excludes halogenated alkanes) is 4. The molecule has 19 heavy (non-hydrogen) atoms. The number of carbonyl (C=O) groups excluding carboxylic acids is 1. The van der Waals surface area contributed by atoms with Gasteiger partial charge in [-0.3, -0.25) is 13.4 Å². The standard InChI is InChI=1S/C14H23BF2O2/c1-2-3-4-5-6-11-19-14(18)12-7-9-13(10-8-12)15(16)17/h9,12H,2-8,10-11H2,1H3. The Labute approximate surface area is 114 Å². The molecule has 1 aliphatic rings. The third kappa shape index (κ3) is 6.21. The van der Waals surface area contributed by atoms with E-state index in [1.807, 2.05) is 0 Å². The van der Waals surface area contributed by atoms with E-state index in [0.29, 0.717) is 25.9 Å². The summed E-state index contributed by atoms with van der Waals surface area (Å²) in [5.41, 5.74) is 0.170. The van der Waals surface area contributed by atoms with Crippen LogP contribution in [-0.2, 0) is 9.53 Å². The van der Waals surface area contributed by atoms with Gasteiger partial charge in [-0.1, -0.05) is 38.7 Å². The Hall–Kier alpha value is -0.865. The van der Waals surface area contributed by atoms with Crippen molar-refractivity contribution in [3.8, 4) is 0 Å². The molecule has 5 heteroatoms. The largest absolute Gasteiger partial charge is 0.567 e. The fourth-order valence-corrected chi connectivity index (χ4v) is 2.26. The molecule has 1 rings (SSSR count). The van der Waals surface area contributed by atoms with E-state index in [2.05, 4.69) is 6.92 Å². The number of hydrogen-bond acceptors (Lipinski definition) is 2. The van der Waals surface area contributed by atoms with Crippen molar-refractivity contribution in [2.24, 2.45) is 5.92 Å². The lowest BCUT2D eigenvalue weighted by atomic mass is 9.75. The van der Waals surface area contributed by atoms with E-state index in [1.165, 1.54) is 25.3 Å². The van der Waals surface area contributed by atoms with E-state index in [-0.39, 0.29) is 17.4 Å². The molecule has 1 atom stereocenters. The minimum absolute atomic E-state index is 0.170. The number of rotatable bonds is 8. The van der Waals surface area contributed by atoms with Crippen LogP contribution in [0.4, 0.5) is 8.63 Å². The monoisotopic (exact) mass is 272 g/mol. The van der Waals surface area contributed by atoms with Crippen LogP contribution < -0.4 is 0 Å². The van der Waals surface area contributed by atoms with Crippen LogP contribution in [-0.4, -0.2) is 19.8 Å². The summed E-state index contributed by atoms with van der Waals surface area (Å²) in [6.45, 7) is 2.62. The summed E-state index contributed by atoms with van der Waals surface area (Å²) in [6, 6.07) is 0. The second kappa shape index (κ2) is 9.10. The van der Waals surface area contributed by atoms with Crippen LogP contribution in [0.15, 0.2) is 11.5 Å². The molecule has 108 valence electrons. The van der Waals surface area contributed by atoms with Crippen molar-refractivity contribution in [3.63, 3.8) is 0 Å². The molecule has 0 spiro atoms. The molecule has 1 unspecified atom stereocenters. The highest BCUT2D eigenvalue weighted by Crippen LogP contribution is 2.26. The first-order valence-corrected chi connectivity index (χ1v) is 7.28. The average Bonchev–Trinajstić information content (AvgIpc) is 2.42. The van der Waals surface area contributed by atoms with Gasteiger partial charge in [-0.05, 0) is 31.2 Å². The molecule has 0 saturated heterocycles. The fourth-order valence-electron chi connectivity index (χ4n) is 2.26. The predicted molar refractivity (Wildman–Crippen MR) is 73.1 cm³/mol. The van der Waals surface area contributed by atoms with Crippen LogP contribution in [0.2, 0.25) is 0 Å². The molecule has 0 fully saturated rings. The Kier molecular flexibility index (Phi) is 7.76. The number of allylic oxidation sites excluding steroid dienone is 2. The topological polar surface area (TPSA) is 26.3 Å². The Morgan fingerprint density at radius 3 is 2.68 bits per heavy atom. The van der Waals surface area contributed by atoms with Crippen LogP contribution in [0.25, 0.3) is 0 Å². The highest BCUT2D eigenvalue weighted by Gasteiger charge is 2.28. The lowest BCUT2D eigenvalue weighted by Crippen LogP contribution is -2.22. The van der Waals surface area contributed by atoms with E-state index in [0.717, 1.165) is 12.8 Å². The molecule has 2 nitrogen and oxygen atoms in total. The van der Waals surface area contributed by atoms with Gasteiger partial charge in [-0.15, -0.1) is 0 Å². The summed E-state index contributed by atoms with van der Waals surface area (Å²) >= 11 is 0. The van der Waals surface area contributed by atoms with Crippen LogP contribution in [0, 0.1) is 5.92 Å². The number of halogens is 2. The van der Waals surface area contributed by atoms with E-state index < -0.39 is 7.27 Å². The van der Waals surface area contributed by atoms with Crippen molar-refractivity contribution in [3.05, 3.63) is 11.5 Å². The average molecular weight is 272 g/mol. The zero-order chi connectivity index (χ0) is 14.1. The van der Waals surface area contributed by atoms with Crippen LogP contribution in [0.3, 0.4) is 0 Å². The minimum Gasteiger partial charge on any atom is -0.465 e. The number of ether oxygens (including phenoxy) is 1. The highest BCUT2D eigenvalue weighted by molar-refractivity contribution is 6.52. The van der Waals surface area contributed by atoms with Crippen molar-refractivity contribution in [1.29, 1.82) is 0 Å². The molecule has 0 radical (unpaired) electrons. The first kappa shape index (κ1) is 16.2. The number of hydrogen-bond donors (Lipinski definition) is 0. The molecule has 0 aliphatic heterocycles. The van der Waals surface area contributed by atoms with Gasteiger partial charge in [0.1, 0.15) is 0 Å². The molecule has 0 saturated carbocycles. The van der Waals surface area contributed by atoms with Crippen LogP contribution in [0.1, 0.15) is 58.3 Å². The Balaban J connectivity index is 2.14. The number of esters is 1. The van der Waals surface area contributed by atoms with Crippen molar-refractivity contribution < 1.29 is 18.2 Å². The third-order valence-corrected chi connectivity index (χ3v) is 3.55. The van der Waals surface area contributed by atoms with Gasteiger partial charge in [0.05, 0.1) is 12.5 Å². The van der Waals surface area contributed by atoms with Gasteiger partial charge in [0, 0.05) is 0 Å². The van der Waals surface area contributed by atoms with E-state index in [1.54, 1.807) is 0 Å². The Bertz CT molecular complexity index is 306. The Morgan fingerprint density at radius 2 is 2.11 bits per heavy atom. The molecule has 0 amide bonds. The van der Waals surface area contributed by atoms with Gasteiger partial charge in [-0.25, -0.2) is 0 Å². The van der Waals surface area contributed by atoms with Gasteiger partial charge in [0.2, 0.25) is 0 Å². The van der Waals surface area contributed by atoms with Crippen molar-refractivity contribution in [2.75, 3.05) is 6.61 Å². The third-order valence-electron chi connectivity index (χ3n) is 3.55. The molecule has 0 heterocycles. The van der Waals surface area contributed by atoms with Gasteiger partial charge in [-0.2, -0.15) is 0 Å². The second-order valence-corrected chi connectivity index (χ2v) is 5.13. The fraction of sp³-hybridized carbons (Fsp3) is 0.786. The van der Waals surface area contributed by atoms with Gasteiger partial charge < -0.3 is 4.74 Å². The highest BCUT2D eigenvalue weighted by atomic mass is 19.2. The second-order valence-electron chi connectivity index (χ2n) is 5.13. The Morgan fingerprint density at radius 1 is 1.37 bits per heavy atom. The zero-order valence-corrected chi connectivity index (χ0v) is 11.7. The molecule has 0 bridgehead atoms. The summed E-state index contributed by atoms with van der Waals surface area (Å²) in [5.74, 6) is -0.446. The minimum atomic E-state index is -2.38. The van der Waals surface area contributed by atoms with Crippen molar-refractivity contribution >= 4 is 13.2 Å². The van der Waals surface area contributed by atoms with Gasteiger partial charge in [0.15, 0.2) is 0 Å². The molecule has 0 N–H and O–H groups in total. The molecule has 0 aromatic carbocycles. The van der Waals surface area contributed by atoms with Crippen molar-refractivity contribution in [2.45, 2.75) is 58.3 Å². The predicted octanol–water partition coefficient (Wildman–Crippen LogP) is 4.19. The summed E-state index contributed by atoms with van der Waals surface area (Å²) in [5, 5.41) is 0. The van der Waals surface area contributed by atoms with Gasteiger partial charge >= 0.3 is 13.2 Å². The quantitative estimate of drug-likeness (QED) is 0.376. The molecular formula is C14H23BF2O2. The molecule has 1 aliphatic carbocycles. The smallest absolute Gasteiger partial charge is 0.465 e. The van der Waals surface area contributed by atoms with Crippen molar-refractivity contribution in [1.82, 2.24) is 0 Å². The van der Waals surface area contributed by atoms with Crippen LogP contribution in [0.5, 0.6) is 0 Å². The summed E-state index contributed by atoms with van der Waals surface area (Å²) in [6.07, 6.45) is 8.28. The molecule has 0 aromatic rings. The van der Waals surface area contributed by atoms with E-state index in [4.69, 9.17) is 4.74 Å². The normalized spacial score (nSPS) is 18.9. The van der Waals surface area contributed by atoms with E-state index in [9.17, 15) is 13.4 Å². The maximum absolute atomic E-state index is 12.4. The van der Waals surface area contributed by atoms with Crippen LogP contribution >= 0.6 is 0 Å². The maximum Gasteiger partial charge on any atom is 0.567 e. The van der Waals surface area contributed by atoms with E-state index >= 15 is 0 Å². The maximum atomic E-state index is 12.4. The zero-order valence-electron chi connectivity index (χ0n) is 11.7. The summed E-state index contributed by atoms with van der Waals surface area (Å²) in [4.78, 5) is 11.7. The summed E-state index contributed by atoms with van der Waals surface area (Å²) in [7, 11) is -2.38.